The lowest BCUT2D eigenvalue weighted by Crippen LogP contribution is -2.50. The van der Waals surface area contributed by atoms with Gasteiger partial charge in [-0.05, 0) is 25.8 Å². The fourth-order valence-electron chi connectivity index (χ4n) is 2.98. The van der Waals surface area contributed by atoms with Crippen molar-refractivity contribution in [1.82, 2.24) is 30.0 Å². The Hall–Kier alpha value is -2.81. The molecule has 0 bridgehead atoms. The van der Waals surface area contributed by atoms with E-state index in [1.54, 1.807) is 42.6 Å². The number of anilines is 1. The van der Waals surface area contributed by atoms with Crippen molar-refractivity contribution in [3.8, 4) is 0 Å². The van der Waals surface area contributed by atoms with E-state index in [1.165, 1.54) is 0 Å². The first kappa shape index (κ1) is 18.0. The molecule has 9 heteroatoms. The SMILES string of the molecule is C[C@H](C(=O)Nc1ncccn1)N1CCC(NC(=O)c2cnn(C)c2)CC1. The summed E-state index contributed by atoms with van der Waals surface area (Å²) in [4.78, 5) is 34.7. The van der Waals surface area contributed by atoms with Gasteiger partial charge in [0.25, 0.3) is 5.91 Å². The zero-order valence-electron chi connectivity index (χ0n) is 14.9. The van der Waals surface area contributed by atoms with E-state index in [2.05, 4.69) is 30.6 Å². The summed E-state index contributed by atoms with van der Waals surface area (Å²) in [5.41, 5.74) is 0.561. The summed E-state index contributed by atoms with van der Waals surface area (Å²) >= 11 is 0. The van der Waals surface area contributed by atoms with E-state index in [0.29, 0.717) is 11.5 Å². The summed E-state index contributed by atoms with van der Waals surface area (Å²) < 4.78 is 1.61. The van der Waals surface area contributed by atoms with Crippen LogP contribution in [0, 0.1) is 0 Å². The number of nitrogens with one attached hydrogen (secondary N) is 2. The van der Waals surface area contributed by atoms with Crippen LogP contribution in [0.1, 0.15) is 30.1 Å². The summed E-state index contributed by atoms with van der Waals surface area (Å²) in [5, 5.41) is 9.77. The van der Waals surface area contributed by atoms with Crippen LogP contribution in [0.15, 0.2) is 30.9 Å². The summed E-state index contributed by atoms with van der Waals surface area (Å²) in [6.07, 6.45) is 8.02. The highest BCUT2D eigenvalue weighted by Crippen LogP contribution is 2.15. The number of carbonyl (C=O) groups excluding carboxylic acids is 2. The highest BCUT2D eigenvalue weighted by Gasteiger charge is 2.28. The number of rotatable bonds is 5. The quantitative estimate of drug-likeness (QED) is 0.804. The lowest BCUT2D eigenvalue weighted by atomic mass is 10.0. The maximum Gasteiger partial charge on any atom is 0.254 e. The Balaban J connectivity index is 1.47. The number of aromatic nitrogens is 4. The molecule has 2 N–H and O–H groups in total. The fraction of sp³-hybridized carbons (Fsp3) is 0.471. The number of hydrogen-bond acceptors (Lipinski definition) is 6. The van der Waals surface area contributed by atoms with Crippen molar-refractivity contribution in [1.29, 1.82) is 0 Å². The maximum absolute atomic E-state index is 12.3. The van der Waals surface area contributed by atoms with Crippen LogP contribution in [0.5, 0.6) is 0 Å². The fourth-order valence-corrected chi connectivity index (χ4v) is 2.98. The molecule has 1 saturated heterocycles. The van der Waals surface area contributed by atoms with Crippen LogP contribution < -0.4 is 10.6 Å². The third-order valence-electron chi connectivity index (χ3n) is 4.56. The third kappa shape index (κ3) is 4.42. The predicted molar refractivity (Wildman–Crippen MR) is 95.4 cm³/mol. The third-order valence-corrected chi connectivity index (χ3v) is 4.56. The van der Waals surface area contributed by atoms with E-state index in [1.807, 2.05) is 6.92 Å². The lowest BCUT2D eigenvalue weighted by Gasteiger charge is -2.35. The molecule has 0 aromatic carbocycles. The first-order valence-corrected chi connectivity index (χ1v) is 8.64. The maximum atomic E-state index is 12.3. The number of carbonyl (C=O) groups is 2. The molecule has 1 fully saturated rings. The van der Waals surface area contributed by atoms with Crippen molar-refractivity contribution in [3.63, 3.8) is 0 Å². The van der Waals surface area contributed by atoms with E-state index < -0.39 is 0 Å². The Bertz CT molecular complexity index is 753. The summed E-state index contributed by atoms with van der Waals surface area (Å²) in [5.74, 6) is 0.0700. The summed E-state index contributed by atoms with van der Waals surface area (Å²) in [6.45, 7) is 3.34. The molecule has 26 heavy (non-hydrogen) atoms. The molecule has 0 saturated carbocycles. The molecule has 0 radical (unpaired) electrons. The molecular formula is C17H23N7O2. The number of nitrogens with zero attached hydrogens (tertiary/aromatic N) is 5. The van der Waals surface area contributed by atoms with Gasteiger partial charge in [0, 0.05) is 44.8 Å². The molecule has 0 spiro atoms. The zero-order valence-corrected chi connectivity index (χ0v) is 14.9. The van der Waals surface area contributed by atoms with Crippen LogP contribution in [-0.2, 0) is 11.8 Å². The Morgan fingerprint density at radius 2 is 1.92 bits per heavy atom. The predicted octanol–water partition coefficient (Wildman–Crippen LogP) is 0.432. The Labute approximate surface area is 151 Å². The Morgan fingerprint density at radius 1 is 1.23 bits per heavy atom. The second kappa shape index (κ2) is 8.05. The number of likely N-dealkylation sites (tertiary alicyclic amines) is 1. The molecule has 2 amide bonds. The molecule has 2 aromatic rings. The van der Waals surface area contributed by atoms with Gasteiger partial charge in [0.2, 0.25) is 11.9 Å². The van der Waals surface area contributed by atoms with Gasteiger partial charge in [0.05, 0.1) is 17.8 Å². The average molecular weight is 357 g/mol. The Morgan fingerprint density at radius 3 is 2.54 bits per heavy atom. The lowest BCUT2D eigenvalue weighted by molar-refractivity contribution is -0.121. The number of amides is 2. The van der Waals surface area contributed by atoms with Crippen molar-refractivity contribution in [2.45, 2.75) is 31.8 Å². The molecule has 0 aliphatic carbocycles. The van der Waals surface area contributed by atoms with Crippen LogP contribution in [0.25, 0.3) is 0 Å². The number of aryl methyl sites for hydroxylation is 1. The molecule has 1 aliphatic rings. The van der Waals surface area contributed by atoms with E-state index in [0.717, 1.165) is 25.9 Å². The van der Waals surface area contributed by atoms with E-state index in [4.69, 9.17) is 0 Å². The highest BCUT2D eigenvalue weighted by atomic mass is 16.2. The number of hydrogen-bond donors (Lipinski definition) is 2. The monoisotopic (exact) mass is 357 g/mol. The molecular weight excluding hydrogens is 334 g/mol. The van der Waals surface area contributed by atoms with Crippen molar-refractivity contribution >= 4 is 17.8 Å². The van der Waals surface area contributed by atoms with Gasteiger partial charge >= 0.3 is 0 Å². The van der Waals surface area contributed by atoms with E-state index in [-0.39, 0.29) is 23.9 Å². The molecule has 3 heterocycles. The number of piperidine rings is 1. The van der Waals surface area contributed by atoms with Gasteiger partial charge in [0.15, 0.2) is 0 Å². The highest BCUT2D eigenvalue weighted by molar-refractivity contribution is 5.94. The second-order valence-electron chi connectivity index (χ2n) is 6.42. The van der Waals surface area contributed by atoms with Crippen LogP contribution >= 0.6 is 0 Å². The van der Waals surface area contributed by atoms with Gasteiger partial charge in [0.1, 0.15) is 0 Å². The van der Waals surface area contributed by atoms with Crippen molar-refractivity contribution < 1.29 is 9.59 Å². The van der Waals surface area contributed by atoms with Gasteiger partial charge in [-0.15, -0.1) is 0 Å². The van der Waals surface area contributed by atoms with Gasteiger partial charge in [-0.2, -0.15) is 5.10 Å². The minimum Gasteiger partial charge on any atom is -0.349 e. The molecule has 3 rings (SSSR count). The Kier molecular flexibility index (Phi) is 5.57. The van der Waals surface area contributed by atoms with Gasteiger partial charge in [-0.3, -0.25) is 24.5 Å². The first-order valence-electron chi connectivity index (χ1n) is 8.64. The van der Waals surface area contributed by atoms with Crippen LogP contribution in [-0.4, -0.2) is 61.6 Å². The molecule has 1 aliphatic heterocycles. The largest absolute Gasteiger partial charge is 0.349 e. The van der Waals surface area contributed by atoms with E-state index >= 15 is 0 Å². The summed E-state index contributed by atoms with van der Waals surface area (Å²) in [7, 11) is 1.78. The topological polar surface area (TPSA) is 105 Å². The van der Waals surface area contributed by atoms with Gasteiger partial charge < -0.3 is 5.32 Å². The van der Waals surface area contributed by atoms with Gasteiger partial charge in [-0.25, -0.2) is 9.97 Å². The zero-order chi connectivity index (χ0) is 18.5. The standard InChI is InChI=1S/C17H23N7O2/c1-12(15(25)22-17-18-6-3-7-19-17)24-8-4-14(5-9-24)21-16(26)13-10-20-23(2)11-13/h3,6-7,10-12,14H,4-5,8-9H2,1-2H3,(H,21,26)(H,18,19,22,25)/t12-/m1/s1. The molecule has 1 atom stereocenters. The minimum atomic E-state index is -0.284. The molecule has 0 unspecified atom stereocenters. The van der Waals surface area contributed by atoms with Gasteiger partial charge in [-0.1, -0.05) is 0 Å². The smallest absolute Gasteiger partial charge is 0.254 e. The van der Waals surface area contributed by atoms with E-state index in [9.17, 15) is 9.59 Å². The van der Waals surface area contributed by atoms with Crippen molar-refractivity contribution in [2.75, 3.05) is 18.4 Å². The van der Waals surface area contributed by atoms with Crippen LogP contribution in [0.4, 0.5) is 5.95 Å². The minimum absolute atomic E-state index is 0.103. The molecule has 2 aromatic heterocycles. The molecule has 138 valence electrons. The van der Waals surface area contributed by atoms with Crippen molar-refractivity contribution in [3.05, 3.63) is 36.4 Å². The molecule has 9 nitrogen and oxygen atoms in total. The van der Waals surface area contributed by atoms with Crippen LogP contribution in [0.2, 0.25) is 0 Å². The average Bonchev–Trinajstić information content (AvgIpc) is 3.09. The summed E-state index contributed by atoms with van der Waals surface area (Å²) in [6, 6.07) is 1.52. The van der Waals surface area contributed by atoms with Crippen molar-refractivity contribution in [2.24, 2.45) is 7.05 Å². The second-order valence-corrected chi connectivity index (χ2v) is 6.42. The van der Waals surface area contributed by atoms with Crippen LogP contribution in [0.3, 0.4) is 0 Å². The first-order chi connectivity index (χ1) is 12.5. The normalized spacial score (nSPS) is 16.8.